The van der Waals surface area contributed by atoms with Gasteiger partial charge in [0.15, 0.2) is 6.29 Å². The van der Waals surface area contributed by atoms with Gasteiger partial charge in [0.1, 0.15) is 0 Å². The summed E-state index contributed by atoms with van der Waals surface area (Å²) < 4.78 is 11.2. The molecule has 0 bridgehead atoms. The highest BCUT2D eigenvalue weighted by atomic mass is 16.7. The Morgan fingerprint density at radius 2 is 2.06 bits per heavy atom. The molecule has 3 fully saturated rings. The fraction of sp³-hybridized carbons (Fsp3) is 0.857. The second kappa shape index (κ2) is 4.15. The van der Waals surface area contributed by atoms with Crippen LogP contribution in [0.2, 0.25) is 0 Å². The van der Waals surface area contributed by atoms with Crippen molar-refractivity contribution in [2.45, 2.75) is 38.4 Å². The molecule has 2 aliphatic carbocycles. The molecule has 0 aromatic rings. The fourth-order valence-electron chi connectivity index (χ4n) is 4.14. The molecule has 0 radical (unpaired) electrons. The molecule has 0 N–H and O–H groups in total. The Bertz CT molecular complexity index is 286. The van der Waals surface area contributed by atoms with Gasteiger partial charge < -0.3 is 9.47 Å². The molecular formula is C14H22O2. The normalized spacial score (nSPS) is 47.6. The van der Waals surface area contributed by atoms with Crippen molar-refractivity contribution in [2.24, 2.45) is 23.7 Å². The van der Waals surface area contributed by atoms with Gasteiger partial charge in [-0.1, -0.05) is 25.0 Å². The van der Waals surface area contributed by atoms with E-state index in [0.717, 1.165) is 18.4 Å². The highest BCUT2D eigenvalue weighted by Crippen LogP contribution is 2.51. The van der Waals surface area contributed by atoms with E-state index in [1.165, 1.54) is 37.7 Å². The second-order valence-electron chi connectivity index (χ2n) is 5.67. The zero-order valence-corrected chi connectivity index (χ0v) is 10.2. The van der Waals surface area contributed by atoms with Crippen molar-refractivity contribution in [3.05, 3.63) is 12.2 Å². The standard InChI is InChI=1S/C14H22O2/c1-9-11-6-4-3-5-10(11)7-12-13(9)8-16-14(12)15-2/h10-14H,1,3-8H2,2H3/t10-,11-,12+,13-,14+/m1/s1. The molecule has 16 heavy (non-hydrogen) atoms. The van der Waals surface area contributed by atoms with Crippen molar-refractivity contribution in [2.75, 3.05) is 13.7 Å². The van der Waals surface area contributed by atoms with Crippen molar-refractivity contribution >= 4 is 0 Å². The number of ether oxygens (including phenoxy) is 2. The van der Waals surface area contributed by atoms with Crippen LogP contribution in [0.1, 0.15) is 32.1 Å². The lowest BCUT2D eigenvalue weighted by Gasteiger charge is -2.43. The van der Waals surface area contributed by atoms with E-state index in [4.69, 9.17) is 9.47 Å². The molecule has 5 atom stereocenters. The molecule has 2 nitrogen and oxygen atoms in total. The zero-order chi connectivity index (χ0) is 11.1. The van der Waals surface area contributed by atoms with E-state index in [2.05, 4.69) is 6.58 Å². The van der Waals surface area contributed by atoms with Crippen molar-refractivity contribution in [3.63, 3.8) is 0 Å². The minimum absolute atomic E-state index is 0.0321. The van der Waals surface area contributed by atoms with Crippen molar-refractivity contribution in [1.29, 1.82) is 0 Å². The lowest BCUT2D eigenvalue weighted by atomic mass is 9.62. The van der Waals surface area contributed by atoms with Gasteiger partial charge in [-0.25, -0.2) is 0 Å². The minimum Gasteiger partial charge on any atom is -0.356 e. The number of methoxy groups -OCH3 is 1. The Morgan fingerprint density at radius 1 is 1.25 bits per heavy atom. The number of hydrogen-bond acceptors (Lipinski definition) is 2. The van der Waals surface area contributed by atoms with Gasteiger partial charge in [0, 0.05) is 18.9 Å². The maximum absolute atomic E-state index is 5.74. The van der Waals surface area contributed by atoms with Crippen molar-refractivity contribution in [1.82, 2.24) is 0 Å². The van der Waals surface area contributed by atoms with E-state index in [1.807, 2.05) is 0 Å². The quantitative estimate of drug-likeness (QED) is 0.635. The second-order valence-corrected chi connectivity index (χ2v) is 5.67. The van der Waals surface area contributed by atoms with E-state index in [9.17, 15) is 0 Å². The van der Waals surface area contributed by atoms with E-state index in [-0.39, 0.29) is 6.29 Å². The van der Waals surface area contributed by atoms with Crippen LogP contribution in [0.25, 0.3) is 0 Å². The maximum atomic E-state index is 5.74. The van der Waals surface area contributed by atoms with Crippen LogP contribution in [0, 0.1) is 23.7 Å². The topological polar surface area (TPSA) is 18.5 Å². The summed E-state index contributed by atoms with van der Waals surface area (Å²) in [5.74, 6) is 2.80. The molecule has 2 heteroatoms. The first kappa shape index (κ1) is 10.8. The van der Waals surface area contributed by atoms with Crippen LogP contribution in [0.15, 0.2) is 12.2 Å². The summed E-state index contributed by atoms with van der Waals surface area (Å²) in [4.78, 5) is 0. The van der Waals surface area contributed by atoms with Crippen LogP contribution in [0.4, 0.5) is 0 Å². The summed E-state index contributed by atoms with van der Waals surface area (Å²) in [6.45, 7) is 5.21. The molecule has 0 aromatic heterocycles. The zero-order valence-electron chi connectivity index (χ0n) is 10.2. The Labute approximate surface area is 98.0 Å². The average molecular weight is 222 g/mol. The third-order valence-corrected chi connectivity index (χ3v) is 4.98. The summed E-state index contributed by atoms with van der Waals surface area (Å²) in [6.07, 6.45) is 6.89. The van der Waals surface area contributed by atoms with Crippen LogP contribution in [-0.2, 0) is 9.47 Å². The molecule has 1 saturated heterocycles. The number of rotatable bonds is 1. The Balaban J connectivity index is 1.80. The smallest absolute Gasteiger partial charge is 0.160 e. The monoisotopic (exact) mass is 222 g/mol. The van der Waals surface area contributed by atoms with E-state index < -0.39 is 0 Å². The molecule has 90 valence electrons. The van der Waals surface area contributed by atoms with Crippen LogP contribution in [0.3, 0.4) is 0 Å². The first-order valence-corrected chi connectivity index (χ1v) is 6.64. The summed E-state index contributed by atoms with van der Waals surface area (Å²) in [6, 6.07) is 0. The maximum Gasteiger partial charge on any atom is 0.160 e. The average Bonchev–Trinajstić information content (AvgIpc) is 2.72. The minimum atomic E-state index is 0.0321. The van der Waals surface area contributed by atoms with Gasteiger partial charge in [-0.3, -0.25) is 0 Å². The van der Waals surface area contributed by atoms with Gasteiger partial charge in [0.05, 0.1) is 6.61 Å². The van der Waals surface area contributed by atoms with Gasteiger partial charge in [-0.2, -0.15) is 0 Å². The lowest BCUT2D eigenvalue weighted by molar-refractivity contribution is -0.115. The summed E-state index contributed by atoms with van der Waals surface area (Å²) >= 11 is 0. The number of fused-ring (bicyclic) bond motifs is 2. The summed E-state index contributed by atoms with van der Waals surface area (Å²) in [5, 5.41) is 0. The van der Waals surface area contributed by atoms with Gasteiger partial charge in [-0.05, 0) is 31.1 Å². The van der Waals surface area contributed by atoms with E-state index >= 15 is 0 Å². The first-order chi connectivity index (χ1) is 7.81. The molecule has 0 spiro atoms. The molecule has 0 amide bonds. The molecule has 3 aliphatic rings. The third-order valence-electron chi connectivity index (χ3n) is 4.98. The largest absolute Gasteiger partial charge is 0.356 e. The Morgan fingerprint density at radius 3 is 2.88 bits per heavy atom. The third kappa shape index (κ3) is 1.54. The molecule has 2 saturated carbocycles. The predicted octanol–water partition coefficient (Wildman–Crippen LogP) is 2.99. The van der Waals surface area contributed by atoms with Crippen LogP contribution >= 0.6 is 0 Å². The lowest BCUT2D eigenvalue weighted by Crippen LogP contribution is -2.37. The van der Waals surface area contributed by atoms with Crippen molar-refractivity contribution < 1.29 is 9.47 Å². The van der Waals surface area contributed by atoms with Crippen molar-refractivity contribution in [3.8, 4) is 0 Å². The molecule has 1 aliphatic heterocycles. The predicted molar refractivity (Wildman–Crippen MR) is 62.9 cm³/mol. The molecular weight excluding hydrogens is 200 g/mol. The van der Waals surface area contributed by atoms with E-state index in [0.29, 0.717) is 11.8 Å². The molecule has 3 rings (SSSR count). The van der Waals surface area contributed by atoms with E-state index in [1.54, 1.807) is 7.11 Å². The van der Waals surface area contributed by atoms with Gasteiger partial charge in [0.25, 0.3) is 0 Å². The molecule has 0 unspecified atom stereocenters. The first-order valence-electron chi connectivity index (χ1n) is 6.64. The molecule has 1 heterocycles. The summed E-state index contributed by atoms with van der Waals surface area (Å²) in [5.41, 5.74) is 1.47. The highest BCUT2D eigenvalue weighted by molar-refractivity contribution is 5.16. The van der Waals surface area contributed by atoms with Crippen LogP contribution in [-0.4, -0.2) is 20.0 Å². The van der Waals surface area contributed by atoms with Gasteiger partial charge >= 0.3 is 0 Å². The fourth-order valence-corrected chi connectivity index (χ4v) is 4.14. The van der Waals surface area contributed by atoms with Gasteiger partial charge in [0.2, 0.25) is 0 Å². The highest BCUT2D eigenvalue weighted by Gasteiger charge is 2.47. The summed E-state index contributed by atoms with van der Waals surface area (Å²) in [7, 11) is 1.77. The van der Waals surface area contributed by atoms with Gasteiger partial charge in [-0.15, -0.1) is 0 Å². The molecule has 0 aromatic carbocycles. The Hall–Kier alpha value is -0.340. The SMILES string of the molecule is C=C1[C@H]2CCCC[C@@H]2C[C@@H]2[C@@H](OC)OC[C@H]12. The van der Waals surface area contributed by atoms with Crippen LogP contribution < -0.4 is 0 Å². The number of hydrogen-bond donors (Lipinski definition) is 0. The van der Waals surface area contributed by atoms with Crippen LogP contribution in [0.5, 0.6) is 0 Å². The Kier molecular flexibility index (Phi) is 2.80.